The Balaban J connectivity index is 1.42. The van der Waals surface area contributed by atoms with E-state index in [1.54, 1.807) is 0 Å². The molecular formula is C29H29N3. The number of H-pyrrole nitrogens is 1. The van der Waals surface area contributed by atoms with Gasteiger partial charge in [-0.2, -0.15) is 0 Å². The van der Waals surface area contributed by atoms with Gasteiger partial charge in [-0.05, 0) is 49.0 Å². The monoisotopic (exact) mass is 419 g/mol. The summed E-state index contributed by atoms with van der Waals surface area (Å²) in [5.74, 6) is 0.979. The Labute approximate surface area is 189 Å². The number of rotatable bonds is 5. The van der Waals surface area contributed by atoms with E-state index in [2.05, 4.69) is 107 Å². The fourth-order valence-corrected chi connectivity index (χ4v) is 5.95. The predicted molar refractivity (Wildman–Crippen MR) is 132 cm³/mol. The molecule has 2 atom stereocenters. The van der Waals surface area contributed by atoms with E-state index in [9.17, 15) is 0 Å². The average Bonchev–Trinajstić information content (AvgIpc) is 3.28. The molecule has 4 aromatic rings. The summed E-state index contributed by atoms with van der Waals surface area (Å²) in [6, 6.07) is 31.3. The minimum absolute atomic E-state index is 0.302. The minimum atomic E-state index is 0.302. The van der Waals surface area contributed by atoms with Crippen LogP contribution in [0.25, 0.3) is 10.9 Å². The van der Waals surface area contributed by atoms with Crippen LogP contribution in [0.15, 0.2) is 96.1 Å². The molecule has 160 valence electrons. The van der Waals surface area contributed by atoms with Crippen LogP contribution in [0, 0.1) is 5.92 Å². The van der Waals surface area contributed by atoms with Gasteiger partial charge in [-0.1, -0.05) is 78.9 Å². The number of aliphatic imine (C=N–C) groups is 1. The van der Waals surface area contributed by atoms with Gasteiger partial charge in [0.25, 0.3) is 0 Å². The SMILES string of the molecule is C(=N/C1C2CCN(CC2)C1C(c1ccccc1)c1ccccc1)/c1c[nH]c2ccccc12. The molecule has 7 rings (SSSR count). The largest absolute Gasteiger partial charge is 0.361 e. The zero-order valence-electron chi connectivity index (χ0n) is 18.3. The number of nitrogens with one attached hydrogen (secondary N) is 1. The molecule has 2 bridgehead atoms. The Morgan fingerprint density at radius 3 is 2.12 bits per heavy atom. The van der Waals surface area contributed by atoms with Crippen molar-refractivity contribution in [3.05, 3.63) is 108 Å². The van der Waals surface area contributed by atoms with E-state index in [0.717, 1.165) is 0 Å². The lowest BCUT2D eigenvalue weighted by molar-refractivity contribution is 0.0215. The summed E-state index contributed by atoms with van der Waals surface area (Å²) in [5.41, 5.74) is 5.14. The summed E-state index contributed by atoms with van der Waals surface area (Å²) in [5, 5.41) is 1.25. The molecular weight excluding hydrogens is 390 g/mol. The highest BCUT2D eigenvalue weighted by Gasteiger charge is 2.46. The Kier molecular flexibility index (Phi) is 5.12. The molecule has 3 aliphatic heterocycles. The third kappa shape index (κ3) is 3.47. The van der Waals surface area contributed by atoms with Crippen molar-refractivity contribution in [1.29, 1.82) is 0 Å². The fraction of sp³-hybridized carbons (Fsp3) is 0.276. The highest BCUT2D eigenvalue weighted by atomic mass is 15.2. The molecule has 3 aliphatic rings. The van der Waals surface area contributed by atoms with Crippen molar-refractivity contribution in [3.8, 4) is 0 Å². The van der Waals surface area contributed by atoms with Gasteiger partial charge >= 0.3 is 0 Å². The van der Waals surface area contributed by atoms with Crippen LogP contribution in [-0.2, 0) is 0 Å². The van der Waals surface area contributed by atoms with Gasteiger partial charge in [0.15, 0.2) is 0 Å². The van der Waals surface area contributed by atoms with Gasteiger partial charge in [0.1, 0.15) is 0 Å². The maximum absolute atomic E-state index is 5.33. The van der Waals surface area contributed by atoms with E-state index in [1.165, 1.54) is 53.5 Å². The molecule has 0 saturated carbocycles. The zero-order chi connectivity index (χ0) is 21.3. The highest BCUT2D eigenvalue weighted by Crippen LogP contribution is 2.43. The number of hydrogen-bond acceptors (Lipinski definition) is 2. The molecule has 2 unspecified atom stereocenters. The molecule has 1 aromatic heterocycles. The highest BCUT2D eigenvalue weighted by molar-refractivity contribution is 5.99. The summed E-state index contributed by atoms with van der Waals surface area (Å²) in [7, 11) is 0. The van der Waals surface area contributed by atoms with Crippen molar-refractivity contribution in [2.75, 3.05) is 13.1 Å². The van der Waals surface area contributed by atoms with E-state index in [4.69, 9.17) is 4.99 Å². The van der Waals surface area contributed by atoms with Gasteiger partial charge < -0.3 is 4.98 Å². The number of aromatic nitrogens is 1. The van der Waals surface area contributed by atoms with Gasteiger partial charge in [0, 0.05) is 40.8 Å². The molecule has 3 nitrogen and oxygen atoms in total. The van der Waals surface area contributed by atoms with Crippen LogP contribution in [-0.4, -0.2) is 41.3 Å². The van der Waals surface area contributed by atoms with E-state index >= 15 is 0 Å². The summed E-state index contributed by atoms with van der Waals surface area (Å²) >= 11 is 0. The maximum atomic E-state index is 5.33. The number of para-hydroxylation sites is 1. The number of nitrogens with zero attached hydrogens (tertiary/aromatic N) is 2. The molecule has 0 aliphatic carbocycles. The number of hydrogen-bond donors (Lipinski definition) is 1. The first-order valence-corrected chi connectivity index (χ1v) is 11.8. The number of piperidine rings is 3. The molecule has 4 heterocycles. The van der Waals surface area contributed by atoms with Crippen molar-refractivity contribution >= 4 is 17.1 Å². The van der Waals surface area contributed by atoms with Crippen LogP contribution >= 0.6 is 0 Å². The number of benzene rings is 3. The first kappa shape index (κ1) is 19.5. The fourth-order valence-electron chi connectivity index (χ4n) is 5.95. The third-order valence-corrected chi connectivity index (χ3v) is 7.49. The summed E-state index contributed by atoms with van der Waals surface area (Å²) in [6.07, 6.45) is 6.73. The van der Waals surface area contributed by atoms with Crippen LogP contribution in [0.1, 0.15) is 35.4 Å². The quantitative estimate of drug-likeness (QED) is 0.402. The lowest BCUT2D eigenvalue weighted by Gasteiger charge is -2.52. The van der Waals surface area contributed by atoms with Crippen LogP contribution in [0.3, 0.4) is 0 Å². The maximum Gasteiger partial charge on any atom is 0.0693 e. The first-order chi connectivity index (χ1) is 15.9. The summed E-state index contributed by atoms with van der Waals surface area (Å²) < 4.78 is 0. The molecule has 0 spiro atoms. The van der Waals surface area contributed by atoms with Crippen LogP contribution in [0.5, 0.6) is 0 Å². The van der Waals surface area contributed by atoms with Crippen molar-refractivity contribution in [2.24, 2.45) is 10.9 Å². The zero-order valence-corrected chi connectivity index (χ0v) is 18.3. The van der Waals surface area contributed by atoms with Crippen molar-refractivity contribution in [1.82, 2.24) is 9.88 Å². The van der Waals surface area contributed by atoms with Gasteiger partial charge in [-0.25, -0.2) is 0 Å². The topological polar surface area (TPSA) is 31.4 Å². The molecule has 1 N–H and O–H groups in total. The average molecular weight is 420 g/mol. The third-order valence-electron chi connectivity index (χ3n) is 7.49. The normalized spacial score (nSPS) is 25.2. The summed E-state index contributed by atoms with van der Waals surface area (Å²) in [4.78, 5) is 11.4. The van der Waals surface area contributed by atoms with Crippen LogP contribution in [0.2, 0.25) is 0 Å². The first-order valence-electron chi connectivity index (χ1n) is 11.8. The van der Waals surface area contributed by atoms with Gasteiger partial charge in [-0.3, -0.25) is 9.89 Å². The predicted octanol–water partition coefficient (Wildman–Crippen LogP) is 5.88. The van der Waals surface area contributed by atoms with E-state index < -0.39 is 0 Å². The minimum Gasteiger partial charge on any atom is -0.361 e. The van der Waals surface area contributed by atoms with Crippen molar-refractivity contribution in [3.63, 3.8) is 0 Å². The van der Waals surface area contributed by atoms with E-state index in [-0.39, 0.29) is 0 Å². The number of aromatic amines is 1. The Morgan fingerprint density at radius 2 is 1.44 bits per heavy atom. The molecule has 32 heavy (non-hydrogen) atoms. The van der Waals surface area contributed by atoms with Crippen molar-refractivity contribution in [2.45, 2.75) is 30.8 Å². The van der Waals surface area contributed by atoms with Gasteiger partial charge in [-0.15, -0.1) is 0 Å². The molecule has 0 amide bonds. The van der Waals surface area contributed by atoms with Crippen LogP contribution in [0.4, 0.5) is 0 Å². The molecule has 3 heteroatoms. The Hall–Kier alpha value is -3.17. The second-order valence-electron chi connectivity index (χ2n) is 9.22. The molecule has 0 radical (unpaired) electrons. The second-order valence-corrected chi connectivity index (χ2v) is 9.22. The van der Waals surface area contributed by atoms with Gasteiger partial charge in [0.05, 0.1) is 6.04 Å². The Bertz CT molecular complexity index is 1160. The van der Waals surface area contributed by atoms with Crippen molar-refractivity contribution < 1.29 is 0 Å². The number of fused-ring (bicyclic) bond motifs is 4. The van der Waals surface area contributed by atoms with Gasteiger partial charge in [0.2, 0.25) is 0 Å². The molecule has 3 aromatic carbocycles. The smallest absolute Gasteiger partial charge is 0.0693 e. The lowest BCUT2D eigenvalue weighted by atomic mass is 9.71. The standard InChI is InChI=1S/C29H29N3/c1-3-9-21(10-4-1)27(22-11-5-2-6-12-22)29-28(23-15-17-32(29)18-16-23)31-20-24-19-30-26-14-8-7-13-25(24)26/h1-14,19-20,23,27-30H,15-18H2/b31-20-. The van der Waals surface area contributed by atoms with E-state index in [1.807, 2.05) is 0 Å². The molecule has 3 saturated heterocycles. The van der Waals surface area contributed by atoms with E-state index in [0.29, 0.717) is 23.9 Å². The Morgan fingerprint density at radius 1 is 0.812 bits per heavy atom. The lowest BCUT2D eigenvalue weighted by Crippen LogP contribution is -2.59. The van der Waals surface area contributed by atoms with Crippen LogP contribution < -0.4 is 0 Å². The molecule has 3 fully saturated rings. The second kappa shape index (κ2) is 8.40. The summed E-state index contributed by atoms with van der Waals surface area (Å²) in [6.45, 7) is 2.37.